The molecule has 0 amide bonds. The lowest BCUT2D eigenvalue weighted by molar-refractivity contribution is -0.386. The van der Waals surface area contributed by atoms with Crippen LogP contribution >= 0.6 is 0 Å². The van der Waals surface area contributed by atoms with E-state index < -0.39 is 4.92 Å². The smallest absolute Gasteiger partial charge is 0.311 e. The van der Waals surface area contributed by atoms with E-state index in [1.165, 1.54) is 12.5 Å². The first-order chi connectivity index (χ1) is 10.2. The van der Waals surface area contributed by atoms with Gasteiger partial charge in [0.15, 0.2) is 12.4 Å². The van der Waals surface area contributed by atoms with Crippen LogP contribution in [-0.4, -0.2) is 21.6 Å². The molecule has 0 aliphatic heterocycles. The van der Waals surface area contributed by atoms with Gasteiger partial charge in [0.1, 0.15) is 0 Å². The Bertz CT molecular complexity index is 586. The van der Waals surface area contributed by atoms with Crippen LogP contribution in [0.2, 0.25) is 0 Å². The maximum atomic E-state index is 11.1. The summed E-state index contributed by atoms with van der Waals surface area (Å²) < 4.78 is 9.95. The zero-order valence-corrected chi connectivity index (χ0v) is 11.6. The first-order valence-electron chi connectivity index (χ1n) is 6.56. The van der Waals surface area contributed by atoms with Crippen molar-refractivity contribution in [2.45, 2.75) is 26.5 Å². The molecular formula is C13H16N4O4. The van der Waals surface area contributed by atoms with Crippen molar-refractivity contribution in [3.8, 4) is 5.75 Å². The van der Waals surface area contributed by atoms with Gasteiger partial charge in [-0.3, -0.25) is 10.1 Å². The molecule has 0 saturated carbocycles. The average Bonchev–Trinajstić information content (AvgIpc) is 2.99. The Morgan fingerprint density at radius 2 is 2.33 bits per heavy atom. The predicted molar refractivity (Wildman–Crippen MR) is 73.7 cm³/mol. The van der Waals surface area contributed by atoms with Gasteiger partial charge >= 0.3 is 5.69 Å². The number of benzene rings is 1. The van der Waals surface area contributed by atoms with Gasteiger partial charge in [-0.15, -0.1) is 0 Å². The van der Waals surface area contributed by atoms with Gasteiger partial charge in [0.25, 0.3) is 0 Å². The van der Waals surface area contributed by atoms with E-state index >= 15 is 0 Å². The van der Waals surface area contributed by atoms with Gasteiger partial charge < -0.3 is 14.6 Å². The minimum atomic E-state index is -0.463. The molecule has 0 atom stereocenters. The number of ether oxygens (including phenoxy) is 1. The topological polar surface area (TPSA) is 103 Å². The molecule has 0 unspecified atom stereocenters. The van der Waals surface area contributed by atoms with Crippen molar-refractivity contribution in [1.82, 2.24) is 15.5 Å². The highest BCUT2D eigenvalue weighted by molar-refractivity contribution is 5.48. The number of rotatable bonds is 8. The second-order valence-corrected chi connectivity index (χ2v) is 4.37. The fourth-order valence-corrected chi connectivity index (χ4v) is 1.75. The molecule has 0 fully saturated rings. The highest BCUT2D eigenvalue weighted by Gasteiger charge is 2.16. The Balaban J connectivity index is 2.07. The third kappa shape index (κ3) is 4.25. The van der Waals surface area contributed by atoms with Crippen LogP contribution in [0.3, 0.4) is 0 Å². The van der Waals surface area contributed by atoms with Crippen LogP contribution in [0.5, 0.6) is 5.75 Å². The molecule has 1 heterocycles. The van der Waals surface area contributed by atoms with E-state index in [1.807, 2.05) is 0 Å². The third-order valence-electron chi connectivity index (χ3n) is 2.74. The molecule has 0 spiro atoms. The summed E-state index contributed by atoms with van der Waals surface area (Å²) in [6.45, 7) is 3.53. The lowest BCUT2D eigenvalue weighted by Crippen LogP contribution is -2.14. The summed E-state index contributed by atoms with van der Waals surface area (Å²) in [5, 5.41) is 17.9. The van der Waals surface area contributed by atoms with E-state index in [9.17, 15) is 10.1 Å². The average molecular weight is 292 g/mol. The van der Waals surface area contributed by atoms with Gasteiger partial charge in [-0.1, -0.05) is 18.1 Å². The van der Waals surface area contributed by atoms with Crippen molar-refractivity contribution in [2.24, 2.45) is 0 Å². The Kier molecular flexibility index (Phi) is 5.22. The Morgan fingerprint density at radius 1 is 1.48 bits per heavy atom. The fourth-order valence-electron chi connectivity index (χ4n) is 1.75. The van der Waals surface area contributed by atoms with Crippen LogP contribution in [0.15, 0.2) is 29.1 Å². The summed E-state index contributed by atoms with van der Waals surface area (Å²) in [4.78, 5) is 14.4. The van der Waals surface area contributed by atoms with Crippen LogP contribution < -0.4 is 10.1 Å². The minimum Gasteiger partial charge on any atom is -0.478 e. The lowest BCUT2D eigenvalue weighted by Gasteiger charge is -2.07. The summed E-state index contributed by atoms with van der Waals surface area (Å²) in [5.41, 5.74) is 0.761. The molecule has 2 rings (SSSR count). The van der Waals surface area contributed by atoms with Gasteiger partial charge in [0, 0.05) is 12.6 Å². The Labute approximate surface area is 121 Å². The van der Waals surface area contributed by atoms with E-state index in [2.05, 4.69) is 26.9 Å². The lowest BCUT2D eigenvalue weighted by atomic mass is 10.2. The van der Waals surface area contributed by atoms with Crippen LogP contribution in [0.4, 0.5) is 5.69 Å². The van der Waals surface area contributed by atoms with Crippen molar-refractivity contribution in [1.29, 1.82) is 0 Å². The van der Waals surface area contributed by atoms with Crippen LogP contribution in [0.25, 0.3) is 0 Å². The van der Waals surface area contributed by atoms with Crippen LogP contribution in [0.1, 0.15) is 24.7 Å². The second-order valence-electron chi connectivity index (χ2n) is 4.37. The Hall–Kier alpha value is -2.48. The molecule has 0 saturated heterocycles. The van der Waals surface area contributed by atoms with Gasteiger partial charge in [0.05, 0.1) is 4.92 Å². The maximum Gasteiger partial charge on any atom is 0.311 e. The van der Waals surface area contributed by atoms with Crippen LogP contribution in [-0.2, 0) is 13.2 Å². The number of aromatic nitrogens is 2. The first-order valence-corrected chi connectivity index (χ1v) is 6.56. The van der Waals surface area contributed by atoms with Gasteiger partial charge in [0.2, 0.25) is 12.2 Å². The fraction of sp³-hybridized carbons (Fsp3) is 0.385. The summed E-state index contributed by atoms with van der Waals surface area (Å²) in [6.07, 6.45) is 2.18. The van der Waals surface area contributed by atoms with E-state index in [0.717, 1.165) is 18.5 Å². The van der Waals surface area contributed by atoms with Crippen molar-refractivity contribution >= 4 is 5.69 Å². The molecule has 0 radical (unpaired) electrons. The number of nitrogens with one attached hydrogen (secondary N) is 1. The predicted octanol–water partition coefficient (Wildman–Crippen LogP) is 2.06. The van der Waals surface area contributed by atoms with E-state index in [1.54, 1.807) is 12.1 Å². The highest BCUT2D eigenvalue weighted by atomic mass is 16.6. The molecule has 0 bridgehead atoms. The van der Waals surface area contributed by atoms with Gasteiger partial charge in [-0.05, 0) is 24.6 Å². The largest absolute Gasteiger partial charge is 0.478 e. The number of nitro groups is 1. The van der Waals surface area contributed by atoms with Crippen molar-refractivity contribution in [3.63, 3.8) is 0 Å². The number of hydrogen-bond donors (Lipinski definition) is 1. The zero-order chi connectivity index (χ0) is 15.1. The van der Waals surface area contributed by atoms with Gasteiger partial charge in [-0.25, -0.2) is 0 Å². The summed E-state index contributed by atoms with van der Waals surface area (Å²) in [7, 11) is 0. The third-order valence-corrected chi connectivity index (χ3v) is 2.74. The maximum absolute atomic E-state index is 11.1. The number of nitro benzene ring substituents is 1. The molecule has 1 aromatic heterocycles. The van der Waals surface area contributed by atoms with Crippen molar-refractivity contribution in [3.05, 3.63) is 46.1 Å². The molecule has 0 aliphatic carbocycles. The molecule has 0 aliphatic rings. The monoisotopic (exact) mass is 292 g/mol. The van der Waals surface area contributed by atoms with Crippen molar-refractivity contribution < 1.29 is 14.2 Å². The molecule has 1 aromatic carbocycles. The first kappa shape index (κ1) is 14.9. The van der Waals surface area contributed by atoms with E-state index in [0.29, 0.717) is 12.4 Å². The molecule has 8 heteroatoms. The second kappa shape index (κ2) is 7.34. The molecular weight excluding hydrogens is 276 g/mol. The normalized spacial score (nSPS) is 10.5. The summed E-state index contributed by atoms with van der Waals surface area (Å²) >= 11 is 0. The summed E-state index contributed by atoms with van der Waals surface area (Å²) in [6, 6.07) is 4.89. The number of hydrogen-bond acceptors (Lipinski definition) is 7. The van der Waals surface area contributed by atoms with Crippen LogP contribution in [0, 0.1) is 10.1 Å². The Morgan fingerprint density at radius 3 is 3.00 bits per heavy atom. The van der Waals surface area contributed by atoms with Crippen molar-refractivity contribution in [2.75, 3.05) is 6.54 Å². The van der Waals surface area contributed by atoms with E-state index in [-0.39, 0.29) is 18.0 Å². The zero-order valence-electron chi connectivity index (χ0n) is 11.6. The standard InChI is InChI=1S/C13H16N4O4/c1-2-5-14-7-10-3-4-12(11(6-10)17(18)19)20-8-13-15-9-21-16-13/h3-4,6,9,14H,2,5,7-8H2,1H3. The molecule has 21 heavy (non-hydrogen) atoms. The SMILES string of the molecule is CCCNCc1ccc(OCc2ncon2)c([N+](=O)[O-])c1. The van der Waals surface area contributed by atoms with E-state index in [4.69, 9.17) is 4.74 Å². The molecule has 112 valence electrons. The minimum absolute atomic E-state index is 0.0186. The number of nitrogens with zero attached hydrogens (tertiary/aromatic N) is 3. The highest BCUT2D eigenvalue weighted by Crippen LogP contribution is 2.28. The van der Waals surface area contributed by atoms with Gasteiger partial charge in [-0.2, -0.15) is 4.98 Å². The molecule has 8 nitrogen and oxygen atoms in total. The molecule has 2 aromatic rings. The summed E-state index contributed by atoms with van der Waals surface area (Å²) in [5.74, 6) is 0.516. The quantitative estimate of drug-likeness (QED) is 0.451. The molecule has 1 N–H and O–H groups in total.